The van der Waals surface area contributed by atoms with Crippen molar-refractivity contribution in [3.05, 3.63) is 40.9 Å². The number of rotatable bonds is 6. The molecule has 14 heteroatoms. The van der Waals surface area contributed by atoms with Crippen LogP contribution in [-0.4, -0.2) is 58.8 Å². The smallest absolute Gasteiger partial charge is 0.444 e. The number of alkyl carbamates (subject to hydrolysis) is 1. The van der Waals surface area contributed by atoms with Gasteiger partial charge in [0.05, 0.1) is 16.3 Å². The Balaban J connectivity index is 1.55. The van der Waals surface area contributed by atoms with Crippen LogP contribution in [0.15, 0.2) is 35.2 Å². The van der Waals surface area contributed by atoms with E-state index in [2.05, 4.69) is 25.3 Å². The number of carbonyl (C=O) groups is 3. The molecule has 0 atom stereocenters. The van der Waals surface area contributed by atoms with E-state index in [1.807, 2.05) is 4.90 Å². The number of hydrogen-bond acceptors (Lipinski definition) is 9. The standard InChI is InChI=1S/C26H28F3N5O5S/c1-25(2,3)39-23(36)30-14-15-7-9-34(10-8-15)22-31-17(13-20-21(35)33-24(37)40-20)12-19(32-22)16-5-4-6-18(11-16)38-26(27,28)29/h4-6,11-13,15H,7-10,14H2,1-3H3,(H,30,36)(H,33,35,37)/b20-13-. The maximum Gasteiger partial charge on any atom is 0.573 e. The largest absolute Gasteiger partial charge is 0.573 e. The number of halogens is 3. The molecule has 2 aliphatic rings. The van der Waals surface area contributed by atoms with Gasteiger partial charge in [-0.2, -0.15) is 0 Å². The Morgan fingerprint density at radius 1 is 1.18 bits per heavy atom. The summed E-state index contributed by atoms with van der Waals surface area (Å²) in [5, 5.41) is 4.46. The third kappa shape index (κ3) is 8.34. The summed E-state index contributed by atoms with van der Waals surface area (Å²) in [6, 6.07) is 6.92. The number of imide groups is 1. The summed E-state index contributed by atoms with van der Waals surface area (Å²) < 4.78 is 47.7. The van der Waals surface area contributed by atoms with Crippen molar-refractivity contribution in [1.82, 2.24) is 20.6 Å². The molecule has 3 amide bonds. The van der Waals surface area contributed by atoms with Gasteiger partial charge in [0.25, 0.3) is 11.1 Å². The van der Waals surface area contributed by atoms with E-state index >= 15 is 0 Å². The predicted molar refractivity (Wildman–Crippen MR) is 142 cm³/mol. The molecule has 10 nitrogen and oxygen atoms in total. The second-order valence-electron chi connectivity index (χ2n) is 10.2. The molecular weight excluding hydrogens is 551 g/mol. The van der Waals surface area contributed by atoms with E-state index in [1.165, 1.54) is 30.3 Å². The first-order valence-electron chi connectivity index (χ1n) is 12.5. The second kappa shape index (κ2) is 11.7. The SMILES string of the molecule is CC(C)(C)OC(=O)NCC1CCN(c2nc(/C=C3\SC(=O)NC3=O)cc(-c3cccc(OC(F)(F)F)c3)n2)CC1. The van der Waals surface area contributed by atoms with Gasteiger partial charge in [-0.25, -0.2) is 14.8 Å². The van der Waals surface area contributed by atoms with Crippen molar-refractivity contribution in [2.75, 3.05) is 24.5 Å². The molecule has 0 spiro atoms. The molecule has 4 rings (SSSR count). The lowest BCUT2D eigenvalue weighted by atomic mass is 9.97. The van der Waals surface area contributed by atoms with Gasteiger partial charge < -0.3 is 19.7 Å². The van der Waals surface area contributed by atoms with Crippen molar-refractivity contribution in [1.29, 1.82) is 0 Å². The maximum atomic E-state index is 12.8. The van der Waals surface area contributed by atoms with Crippen LogP contribution in [0.2, 0.25) is 0 Å². The van der Waals surface area contributed by atoms with E-state index in [9.17, 15) is 27.6 Å². The summed E-state index contributed by atoms with van der Waals surface area (Å²) in [5.74, 6) is -0.440. The minimum absolute atomic E-state index is 0.140. The fraction of sp³-hybridized carbons (Fsp3) is 0.423. The first-order valence-corrected chi connectivity index (χ1v) is 13.3. The molecule has 2 aliphatic heterocycles. The van der Waals surface area contributed by atoms with Gasteiger partial charge in [-0.3, -0.25) is 14.9 Å². The molecule has 0 saturated carbocycles. The van der Waals surface area contributed by atoms with Gasteiger partial charge in [-0.05, 0) is 75.6 Å². The Hall–Kier alpha value is -3.81. The number of thioether (sulfide) groups is 1. The highest BCUT2D eigenvalue weighted by Crippen LogP contribution is 2.31. The van der Waals surface area contributed by atoms with Crippen LogP contribution < -0.4 is 20.3 Å². The van der Waals surface area contributed by atoms with E-state index < -0.39 is 35.0 Å². The molecule has 1 aromatic heterocycles. The average molecular weight is 580 g/mol. The number of anilines is 1. The van der Waals surface area contributed by atoms with Crippen LogP contribution in [0.5, 0.6) is 5.75 Å². The number of carbonyl (C=O) groups excluding carboxylic acids is 3. The number of piperidine rings is 1. The van der Waals surface area contributed by atoms with E-state index in [-0.39, 0.29) is 10.8 Å². The average Bonchev–Trinajstić information content (AvgIpc) is 3.17. The van der Waals surface area contributed by atoms with Crippen molar-refractivity contribution < 1.29 is 37.0 Å². The lowest BCUT2D eigenvalue weighted by Gasteiger charge is -2.32. The minimum Gasteiger partial charge on any atom is -0.444 e. The normalized spacial score (nSPS) is 17.6. The molecule has 2 aromatic rings. The molecule has 2 saturated heterocycles. The van der Waals surface area contributed by atoms with Crippen molar-refractivity contribution in [3.63, 3.8) is 0 Å². The summed E-state index contributed by atoms with van der Waals surface area (Å²) in [6.07, 6.45) is -2.45. The van der Waals surface area contributed by atoms with Crippen molar-refractivity contribution in [2.24, 2.45) is 5.92 Å². The molecule has 0 bridgehead atoms. The fourth-order valence-electron chi connectivity index (χ4n) is 4.10. The summed E-state index contributed by atoms with van der Waals surface area (Å²) >= 11 is 0.729. The Morgan fingerprint density at radius 3 is 2.52 bits per heavy atom. The number of benzene rings is 1. The Kier molecular flexibility index (Phi) is 8.57. The lowest BCUT2D eigenvalue weighted by molar-refractivity contribution is -0.274. The van der Waals surface area contributed by atoms with Gasteiger partial charge in [-0.15, -0.1) is 13.2 Å². The van der Waals surface area contributed by atoms with E-state index in [0.717, 1.165) is 24.6 Å². The topological polar surface area (TPSA) is 123 Å². The molecule has 214 valence electrons. The number of nitrogens with one attached hydrogen (secondary N) is 2. The quantitative estimate of drug-likeness (QED) is 0.450. The van der Waals surface area contributed by atoms with E-state index in [4.69, 9.17) is 4.74 Å². The highest BCUT2D eigenvalue weighted by Gasteiger charge is 2.31. The molecule has 2 N–H and O–H groups in total. The molecule has 0 radical (unpaired) electrons. The number of alkyl halides is 3. The van der Waals surface area contributed by atoms with Gasteiger partial charge in [0, 0.05) is 25.2 Å². The van der Waals surface area contributed by atoms with Crippen LogP contribution in [-0.2, 0) is 9.53 Å². The van der Waals surface area contributed by atoms with Gasteiger partial charge >= 0.3 is 12.5 Å². The highest BCUT2D eigenvalue weighted by atomic mass is 32.2. The summed E-state index contributed by atoms with van der Waals surface area (Å²) in [6.45, 7) is 6.94. The van der Waals surface area contributed by atoms with Gasteiger partial charge in [0.2, 0.25) is 5.95 Å². The van der Waals surface area contributed by atoms with Crippen molar-refractivity contribution in [2.45, 2.75) is 45.6 Å². The first-order chi connectivity index (χ1) is 18.7. The molecule has 0 unspecified atom stereocenters. The van der Waals surface area contributed by atoms with Crippen LogP contribution in [0, 0.1) is 5.92 Å². The first kappa shape index (κ1) is 29.2. The molecule has 1 aromatic carbocycles. The molecule has 3 heterocycles. The zero-order valence-corrected chi connectivity index (χ0v) is 22.8. The zero-order chi connectivity index (χ0) is 29.1. The van der Waals surface area contributed by atoms with Crippen LogP contribution >= 0.6 is 11.8 Å². The zero-order valence-electron chi connectivity index (χ0n) is 22.0. The maximum absolute atomic E-state index is 12.8. The predicted octanol–water partition coefficient (Wildman–Crippen LogP) is 5.11. The summed E-state index contributed by atoms with van der Waals surface area (Å²) in [5.41, 5.74) is 0.379. The third-order valence-electron chi connectivity index (χ3n) is 5.85. The molecule has 2 fully saturated rings. The minimum atomic E-state index is -4.85. The van der Waals surface area contributed by atoms with Gasteiger partial charge in [0.1, 0.15) is 11.4 Å². The second-order valence-corrected chi connectivity index (χ2v) is 11.2. The van der Waals surface area contributed by atoms with Gasteiger partial charge in [-0.1, -0.05) is 12.1 Å². The molecule has 0 aliphatic carbocycles. The van der Waals surface area contributed by atoms with E-state index in [0.29, 0.717) is 42.5 Å². The number of ether oxygens (including phenoxy) is 2. The molecule has 40 heavy (non-hydrogen) atoms. The third-order valence-corrected chi connectivity index (χ3v) is 6.66. The van der Waals surface area contributed by atoms with Crippen LogP contribution in [0.4, 0.5) is 28.7 Å². The monoisotopic (exact) mass is 579 g/mol. The molecular formula is C26H28F3N5O5S. The lowest BCUT2D eigenvalue weighted by Crippen LogP contribution is -2.40. The fourth-order valence-corrected chi connectivity index (χ4v) is 4.77. The summed E-state index contributed by atoms with van der Waals surface area (Å²) in [4.78, 5) is 46.9. The number of amides is 3. The van der Waals surface area contributed by atoms with Gasteiger partial charge in [0.15, 0.2) is 0 Å². The van der Waals surface area contributed by atoms with Crippen molar-refractivity contribution >= 4 is 41.0 Å². The Bertz CT molecular complexity index is 1320. The van der Waals surface area contributed by atoms with E-state index in [1.54, 1.807) is 26.8 Å². The Morgan fingerprint density at radius 2 is 1.90 bits per heavy atom. The van der Waals surface area contributed by atoms with Crippen LogP contribution in [0.3, 0.4) is 0 Å². The number of hydrogen-bond donors (Lipinski definition) is 2. The Labute approximate surface area is 232 Å². The van der Waals surface area contributed by atoms with Crippen molar-refractivity contribution in [3.8, 4) is 17.0 Å². The summed E-state index contributed by atoms with van der Waals surface area (Å²) in [7, 11) is 0. The van der Waals surface area contributed by atoms with Crippen LogP contribution in [0.25, 0.3) is 17.3 Å². The number of nitrogens with zero attached hydrogens (tertiary/aromatic N) is 3. The highest BCUT2D eigenvalue weighted by molar-refractivity contribution is 8.18. The number of aromatic nitrogens is 2. The van der Waals surface area contributed by atoms with Crippen LogP contribution in [0.1, 0.15) is 39.3 Å².